The average Bonchev–Trinajstić information content (AvgIpc) is 2.29. The number of ether oxygens (including phenoxy) is 1. The van der Waals surface area contributed by atoms with Crippen LogP contribution in [-0.4, -0.2) is 25.2 Å². The quantitative estimate of drug-likeness (QED) is 0.600. The third-order valence-corrected chi connectivity index (χ3v) is 2.50. The summed E-state index contributed by atoms with van der Waals surface area (Å²) in [7, 11) is 1.44. The van der Waals surface area contributed by atoms with Gasteiger partial charge in [-0.15, -0.1) is 0 Å². The van der Waals surface area contributed by atoms with Gasteiger partial charge in [0.15, 0.2) is 0 Å². The Hall–Kier alpha value is -0.570. The molecule has 3 nitrogen and oxygen atoms in total. The average molecular weight is 171 g/mol. The Balaban J connectivity index is 2.59. The highest BCUT2D eigenvalue weighted by Crippen LogP contribution is 2.19. The fraction of sp³-hybridized carbons (Fsp3) is 0.889. The van der Waals surface area contributed by atoms with Crippen LogP contribution < -0.4 is 5.32 Å². The first-order valence-electron chi connectivity index (χ1n) is 4.52. The third-order valence-electron chi connectivity index (χ3n) is 2.50. The largest absolute Gasteiger partial charge is 0.468 e. The van der Waals surface area contributed by atoms with Crippen molar-refractivity contribution in [2.45, 2.75) is 38.1 Å². The maximum Gasteiger partial charge on any atom is 0.325 e. The van der Waals surface area contributed by atoms with E-state index in [0.29, 0.717) is 0 Å². The van der Waals surface area contributed by atoms with Crippen LogP contribution in [0.2, 0.25) is 0 Å². The lowest BCUT2D eigenvalue weighted by molar-refractivity contribution is -0.148. The molecule has 0 aromatic carbocycles. The second-order valence-corrected chi connectivity index (χ2v) is 3.56. The Bertz CT molecular complexity index is 160. The standard InChI is InChI=1S/C9H17NO2/c1-9(8(11)12-2)6-4-3-5-7-10-9/h10H,3-7H2,1-2H3/t9-/m1/s1. The highest BCUT2D eigenvalue weighted by molar-refractivity contribution is 5.80. The van der Waals surface area contributed by atoms with E-state index in [-0.39, 0.29) is 5.97 Å². The van der Waals surface area contributed by atoms with Crippen LogP contribution in [0, 0.1) is 0 Å². The van der Waals surface area contributed by atoms with Crippen LogP contribution in [0.1, 0.15) is 32.6 Å². The Kier molecular flexibility index (Phi) is 3.09. The van der Waals surface area contributed by atoms with Crippen molar-refractivity contribution >= 4 is 5.97 Å². The molecule has 0 aliphatic carbocycles. The molecule has 1 N–H and O–H groups in total. The van der Waals surface area contributed by atoms with Crippen LogP contribution in [-0.2, 0) is 9.53 Å². The first-order valence-corrected chi connectivity index (χ1v) is 4.52. The molecule has 0 radical (unpaired) electrons. The summed E-state index contributed by atoms with van der Waals surface area (Å²) in [6, 6.07) is 0. The van der Waals surface area contributed by atoms with E-state index in [0.717, 1.165) is 25.8 Å². The van der Waals surface area contributed by atoms with Gasteiger partial charge >= 0.3 is 5.97 Å². The zero-order valence-electron chi connectivity index (χ0n) is 7.85. The van der Waals surface area contributed by atoms with Crippen LogP contribution in [0.15, 0.2) is 0 Å². The summed E-state index contributed by atoms with van der Waals surface area (Å²) in [5.74, 6) is -0.135. The van der Waals surface area contributed by atoms with Gasteiger partial charge < -0.3 is 10.1 Å². The van der Waals surface area contributed by atoms with Crippen molar-refractivity contribution in [1.82, 2.24) is 5.32 Å². The smallest absolute Gasteiger partial charge is 0.325 e. The number of carbonyl (C=O) groups excluding carboxylic acids is 1. The Morgan fingerprint density at radius 1 is 1.42 bits per heavy atom. The fourth-order valence-electron chi connectivity index (χ4n) is 1.63. The minimum Gasteiger partial charge on any atom is -0.468 e. The van der Waals surface area contributed by atoms with E-state index in [1.165, 1.54) is 13.5 Å². The van der Waals surface area contributed by atoms with Gasteiger partial charge in [-0.3, -0.25) is 4.79 Å². The number of hydrogen-bond acceptors (Lipinski definition) is 3. The van der Waals surface area contributed by atoms with Crippen molar-refractivity contribution < 1.29 is 9.53 Å². The molecule has 1 atom stereocenters. The monoisotopic (exact) mass is 171 g/mol. The van der Waals surface area contributed by atoms with Crippen LogP contribution in [0.3, 0.4) is 0 Å². The number of carbonyl (C=O) groups is 1. The van der Waals surface area contributed by atoms with E-state index in [1.807, 2.05) is 6.92 Å². The number of methoxy groups -OCH3 is 1. The maximum atomic E-state index is 11.4. The van der Waals surface area contributed by atoms with E-state index in [2.05, 4.69) is 5.32 Å². The van der Waals surface area contributed by atoms with Crippen molar-refractivity contribution in [3.05, 3.63) is 0 Å². The molecule has 1 rings (SSSR count). The lowest BCUT2D eigenvalue weighted by atomic mass is 9.96. The van der Waals surface area contributed by atoms with E-state index in [4.69, 9.17) is 4.74 Å². The predicted molar refractivity (Wildman–Crippen MR) is 46.9 cm³/mol. The molecule has 0 aromatic rings. The van der Waals surface area contributed by atoms with Crippen molar-refractivity contribution in [3.8, 4) is 0 Å². The van der Waals surface area contributed by atoms with Gasteiger partial charge in [-0.25, -0.2) is 0 Å². The number of esters is 1. The second-order valence-electron chi connectivity index (χ2n) is 3.56. The molecular weight excluding hydrogens is 154 g/mol. The topological polar surface area (TPSA) is 38.3 Å². The van der Waals surface area contributed by atoms with E-state index in [1.54, 1.807) is 0 Å². The van der Waals surface area contributed by atoms with E-state index in [9.17, 15) is 4.79 Å². The fourth-order valence-corrected chi connectivity index (χ4v) is 1.63. The van der Waals surface area contributed by atoms with Crippen LogP contribution >= 0.6 is 0 Å². The summed E-state index contributed by atoms with van der Waals surface area (Å²) in [6.45, 7) is 2.84. The molecule has 0 saturated carbocycles. The Morgan fingerprint density at radius 3 is 2.83 bits per heavy atom. The van der Waals surface area contributed by atoms with Crippen molar-refractivity contribution in [2.24, 2.45) is 0 Å². The van der Waals surface area contributed by atoms with Crippen LogP contribution in [0.5, 0.6) is 0 Å². The molecule has 1 aliphatic rings. The number of hydrogen-bond donors (Lipinski definition) is 1. The Labute approximate surface area is 73.5 Å². The highest BCUT2D eigenvalue weighted by atomic mass is 16.5. The molecule has 1 saturated heterocycles. The molecule has 0 bridgehead atoms. The van der Waals surface area contributed by atoms with Crippen LogP contribution in [0.4, 0.5) is 0 Å². The van der Waals surface area contributed by atoms with E-state index >= 15 is 0 Å². The molecule has 1 heterocycles. The molecular formula is C9H17NO2. The first kappa shape index (κ1) is 9.52. The van der Waals surface area contributed by atoms with Gasteiger partial charge in [-0.1, -0.05) is 12.8 Å². The highest BCUT2D eigenvalue weighted by Gasteiger charge is 2.33. The number of nitrogens with one attached hydrogen (secondary N) is 1. The number of rotatable bonds is 1. The minimum absolute atomic E-state index is 0.135. The van der Waals surface area contributed by atoms with Gasteiger partial charge in [0, 0.05) is 0 Å². The van der Waals surface area contributed by atoms with Crippen molar-refractivity contribution in [1.29, 1.82) is 0 Å². The molecule has 0 aromatic heterocycles. The van der Waals surface area contributed by atoms with Gasteiger partial charge in [-0.2, -0.15) is 0 Å². The van der Waals surface area contributed by atoms with Crippen LogP contribution in [0.25, 0.3) is 0 Å². The molecule has 1 aliphatic heterocycles. The van der Waals surface area contributed by atoms with Crippen molar-refractivity contribution in [2.75, 3.05) is 13.7 Å². The summed E-state index contributed by atoms with van der Waals surface area (Å²) in [5, 5.41) is 3.23. The SMILES string of the molecule is COC(=O)[C@@]1(C)CCCCCN1. The zero-order valence-corrected chi connectivity index (χ0v) is 7.85. The molecule has 12 heavy (non-hydrogen) atoms. The summed E-state index contributed by atoms with van der Waals surface area (Å²) in [5.41, 5.74) is -0.439. The molecule has 3 heteroatoms. The van der Waals surface area contributed by atoms with Crippen molar-refractivity contribution in [3.63, 3.8) is 0 Å². The Morgan fingerprint density at radius 2 is 2.17 bits per heavy atom. The minimum atomic E-state index is -0.439. The van der Waals surface area contributed by atoms with E-state index < -0.39 is 5.54 Å². The first-order chi connectivity index (χ1) is 5.69. The van der Waals surface area contributed by atoms with Gasteiger partial charge in [0.25, 0.3) is 0 Å². The summed E-state index contributed by atoms with van der Waals surface area (Å²) in [6.07, 6.45) is 4.37. The van der Waals surface area contributed by atoms with Gasteiger partial charge in [0.1, 0.15) is 5.54 Å². The summed E-state index contributed by atoms with van der Waals surface area (Å²) >= 11 is 0. The van der Waals surface area contributed by atoms with Gasteiger partial charge in [-0.05, 0) is 26.3 Å². The maximum absolute atomic E-state index is 11.4. The lowest BCUT2D eigenvalue weighted by Crippen LogP contribution is -2.49. The molecule has 1 fully saturated rings. The molecule has 0 amide bonds. The molecule has 70 valence electrons. The molecule has 0 spiro atoms. The zero-order chi connectivity index (χ0) is 9.03. The predicted octanol–water partition coefficient (Wildman–Crippen LogP) is 1.08. The third kappa shape index (κ3) is 1.97. The summed E-state index contributed by atoms with van der Waals surface area (Å²) in [4.78, 5) is 11.4. The normalized spacial score (nSPS) is 30.8. The van der Waals surface area contributed by atoms with Gasteiger partial charge in [0.05, 0.1) is 7.11 Å². The lowest BCUT2D eigenvalue weighted by Gasteiger charge is -2.25. The van der Waals surface area contributed by atoms with Gasteiger partial charge in [0.2, 0.25) is 0 Å². The summed E-state index contributed by atoms with van der Waals surface area (Å²) < 4.78 is 4.75. The molecule has 0 unspecified atom stereocenters. The second kappa shape index (κ2) is 3.90.